The molecular formula is C18H18N6O3S. The molecule has 0 unspecified atom stereocenters. The number of nitrogens with zero attached hydrogens (tertiary/aromatic N) is 5. The highest BCUT2D eigenvalue weighted by atomic mass is 32.2. The predicted molar refractivity (Wildman–Crippen MR) is 104 cm³/mol. The fourth-order valence-corrected chi connectivity index (χ4v) is 3.35. The van der Waals surface area contributed by atoms with Gasteiger partial charge in [-0.05, 0) is 36.8 Å². The molecule has 0 aliphatic rings. The molecule has 1 aromatic carbocycles. The summed E-state index contributed by atoms with van der Waals surface area (Å²) in [5, 5.41) is 23.9. The number of anilines is 1. The van der Waals surface area contributed by atoms with Crippen LogP contribution in [0.25, 0.3) is 16.9 Å². The first kappa shape index (κ1) is 19.3. The monoisotopic (exact) mass is 398 g/mol. The van der Waals surface area contributed by atoms with Crippen molar-refractivity contribution < 1.29 is 13.5 Å². The summed E-state index contributed by atoms with van der Waals surface area (Å²) in [6.07, 6.45) is 1.38. The molecule has 3 aromatic rings. The maximum atomic E-state index is 11.9. The molecule has 10 heteroatoms. The number of aromatic nitrogens is 3. The minimum absolute atomic E-state index is 0.0985. The summed E-state index contributed by atoms with van der Waals surface area (Å²) in [6.45, 7) is 1.76. The molecule has 0 atom stereocenters. The summed E-state index contributed by atoms with van der Waals surface area (Å²) in [7, 11) is -0.907. The number of hydrogen-bond acceptors (Lipinski definition) is 6. The van der Waals surface area contributed by atoms with Gasteiger partial charge in [0.1, 0.15) is 0 Å². The minimum Gasteiger partial charge on any atom is -0.493 e. The van der Waals surface area contributed by atoms with Crippen LogP contribution >= 0.6 is 0 Å². The van der Waals surface area contributed by atoms with Gasteiger partial charge in [0.15, 0.2) is 5.82 Å². The van der Waals surface area contributed by atoms with E-state index in [1.807, 2.05) is 0 Å². The number of aromatic hydroxyl groups is 1. The normalized spacial score (nSPS) is 11.2. The van der Waals surface area contributed by atoms with E-state index in [1.54, 1.807) is 43.3 Å². The number of aryl methyl sites for hydroxylation is 1. The van der Waals surface area contributed by atoms with E-state index in [2.05, 4.69) is 20.9 Å². The lowest BCUT2D eigenvalue weighted by molar-refractivity contribution is 0.433. The van der Waals surface area contributed by atoms with Crippen LogP contribution in [0, 0.1) is 18.3 Å². The number of rotatable bonds is 5. The molecule has 0 fully saturated rings. The van der Waals surface area contributed by atoms with Gasteiger partial charge in [0.05, 0.1) is 34.8 Å². The lowest BCUT2D eigenvalue weighted by Crippen LogP contribution is -2.35. The lowest BCUT2D eigenvalue weighted by atomic mass is 10.0. The van der Waals surface area contributed by atoms with Crippen molar-refractivity contribution in [2.75, 3.05) is 18.4 Å². The molecule has 9 nitrogen and oxygen atoms in total. The highest BCUT2D eigenvalue weighted by molar-refractivity contribution is 7.90. The van der Waals surface area contributed by atoms with Crippen LogP contribution in [0.4, 0.5) is 5.69 Å². The molecule has 0 bridgehead atoms. The van der Waals surface area contributed by atoms with Crippen LogP contribution in [-0.4, -0.2) is 42.4 Å². The minimum atomic E-state index is -3.63. The van der Waals surface area contributed by atoms with Crippen molar-refractivity contribution in [2.24, 2.45) is 0 Å². The van der Waals surface area contributed by atoms with Gasteiger partial charge in [-0.1, -0.05) is 12.1 Å². The maximum absolute atomic E-state index is 11.9. The highest BCUT2D eigenvalue weighted by Crippen LogP contribution is 2.34. The average Bonchev–Trinajstić information content (AvgIpc) is 3.01. The molecule has 0 aliphatic heterocycles. The zero-order chi connectivity index (χ0) is 20.5. The Morgan fingerprint density at radius 3 is 2.43 bits per heavy atom. The van der Waals surface area contributed by atoms with E-state index >= 15 is 0 Å². The van der Waals surface area contributed by atoms with Gasteiger partial charge in [0.2, 0.25) is 5.88 Å². The Kier molecular flexibility index (Phi) is 5.04. The summed E-state index contributed by atoms with van der Waals surface area (Å²) in [4.78, 5) is 4.22. The van der Waals surface area contributed by atoms with Crippen molar-refractivity contribution in [1.82, 2.24) is 19.5 Å². The Morgan fingerprint density at radius 2 is 1.89 bits per heavy atom. The zero-order valence-corrected chi connectivity index (χ0v) is 16.3. The molecule has 0 saturated carbocycles. The van der Waals surface area contributed by atoms with Crippen molar-refractivity contribution in [1.29, 1.82) is 5.26 Å². The second-order valence-electron chi connectivity index (χ2n) is 5.94. The first-order valence-corrected chi connectivity index (χ1v) is 9.65. The number of nitrogens with one attached hydrogen (secondary N) is 1. The zero-order valence-electron chi connectivity index (χ0n) is 15.4. The van der Waals surface area contributed by atoms with E-state index < -0.39 is 10.2 Å². The quantitative estimate of drug-likeness (QED) is 0.674. The molecule has 0 aliphatic carbocycles. The smallest absolute Gasteiger partial charge is 0.301 e. The highest BCUT2D eigenvalue weighted by Gasteiger charge is 2.19. The average molecular weight is 398 g/mol. The van der Waals surface area contributed by atoms with Crippen LogP contribution in [0.2, 0.25) is 0 Å². The van der Waals surface area contributed by atoms with Gasteiger partial charge in [0, 0.05) is 14.1 Å². The van der Waals surface area contributed by atoms with E-state index in [4.69, 9.17) is 5.26 Å². The van der Waals surface area contributed by atoms with Crippen molar-refractivity contribution in [2.45, 2.75) is 6.92 Å². The molecular weight excluding hydrogens is 380 g/mol. The van der Waals surface area contributed by atoms with Gasteiger partial charge in [-0.25, -0.2) is 9.71 Å². The maximum Gasteiger partial charge on any atom is 0.301 e. The van der Waals surface area contributed by atoms with Crippen LogP contribution in [-0.2, 0) is 10.2 Å². The molecule has 144 valence electrons. The Labute approximate surface area is 162 Å². The summed E-state index contributed by atoms with van der Waals surface area (Å²) in [5.41, 5.74) is 2.71. The third kappa shape index (κ3) is 3.40. The van der Waals surface area contributed by atoms with Crippen molar-refractivity contribution >= 4 is 15.9 Å². The molecule has 2 aromatic heterocycles. The van der Waals surface area contributed by atoms with Crippen LogP contribution in [0.15, 0.2) is 42.6 Å². The molecule has 2 N–H and O–H groups in total. The Balaban J connectivity index is 1.98. The number of benzene rings is 1. The summed E-state index contributed by atoms with van der Waals surface area (Å²) in [5.74, 6) is 0.234. The molecule has 3 rings (SSSR count). The van der Waals surface area contributed by atoms with Gasteiger partial charge in [0.25, 0.3) is 0 Å². The summed E-state index contributed by atoms with van der Waals surface area (Å²) in [6, 6.07) is 12.0. The second kappa shape index (κ2) is 7.30. The van der Waals surface area contributed by atoms with Crippen LogP contribution in [0.3, 0.4) is 0 Å². The van der Waals surface area contributed by atoms with Gasteiger partial charge >= 0.3 is 10.2 Å². The van der Waals surface area contributed by atoms with E-state index in [1.165, 1.54) is 25.0 Å². The van der Waals surface area contributed by atoms with Gasteiger partial charge in [-0.3, -0.25) is 4.31 Å². The van der Waals surface area contributed by atoms with E-state index in [9.17, 15) is 13.5 Å². The Morgan fingerprint density at radius 1 is 1.21 bits per heavy atom. The van der Waals surface area contributed by atoms with E-state index in [0.29, 0.717) is 28.3 Å². The first-order valence-electron chi connectivity index (χ1n) is 8.21. The van der Waals surface area contributed by atoms with Gasteiger partial charge < -0.3 is 5.11 Å². The van der Waals surface area contributed by atoms with Gasteiger partial charge in [-0.15, -0.1) is 0 Å². The largest absolute Gasteiger partial charge is 0.493 e. The second-order valence-corrected chi connectivity index (χ2v) is 7.84. The van der Waals surface area contributed by atoms with Crippen molar-refractivity contribution in [3.8, 4) is 28.9 Å². The Hall–Kier alpha value is -3.42. The fourth-order valence-electron chi connectivity index (χ4n) is 2.69. The molecule has 0 saturated heterocycles. The predicted octanol–water partition coefficient (Wildman–Crippen LogP) is 1.72. The molecule has 28 heavy (non-hydrogen) atoms. The van der Waals surface area contributed by atoms with Crippen LogP contribution in [0.5, 0.6) is 5.88 Å². The number of nitriles is 1. The topological polar surface area (TPSA) is 124 Å². The SMILES string of the molecule is CNS(=O)(=O)N(C)c1ccc(-n2nc(C)c(-c3ccc(C#N)cc3)c2O)nc1. The molecule has 2 heterocycles. The van der Waals surface area contributed by atoms with Crippen LogP contribution < -0.4 is 9.03 Å². The van der Waals surface area contributed by atoms with Crippen molar-refractivity contribution in [3.05, 3.63) is 53.9 Å². The lowest BCUT2D eigenvalue weighted by Gasteiger charge is -2.18. The third-order valence-corrected chi connectivity index (χ3v) is 5.72. The molecule has 0 radical (unpaired) electrons. The van der Waals surface area contributed by atoms with Crippen LogP contribution in [0.1, 0.15) is 11.3 Å². The summed E-state index contributed by atoms with van der Waals surface area (Å²) >= 11 is 0. The summed E-state index contributed by atoms with van der Waals surface area (Å²) < 4.78 is 28.3. The van der Waals surface area contributed by atoms with Gasteiger partial charge in [-0.2, -0.15) is 23.5 Å². The number of hydrogen-bond donors (Lipinski definition) is 2. The number of pyridine rings is 1. The first-order chi connectivity index (χ1) is 13.3. The fraction of sp³-hybridized carbons (Fsp3) is 0.167. The molecule has 0 amide bonds. The van der Waals surface area contributed by atoms with E-state index in [-0.39, 0.29) is 5.88 Å². The standard InChI is InChI=1S/C18H18N6O3S/c1-12-17(14-6-4-13(10-19)5-7-14)18(25)24(22-12)16-9-8-15(11-21-16)23(3)28(26,27)20-2/h4-9,11,20,25H,1-3H3. The Bertz CT molecular complexity index is 1150. The van der Waals surface area contributed by atoms with E-state index in [0.717, 1.165) is 9.87 Å². The third-order valence-electron chi connectivity index (χ3n) is 4.27. The molecule has 0 spiro atoms. The van der Waals surface area contributed by atoms with Crippen molar-refractivity contribution in [3.63, 3.8) is 0 Å².